The van der Waals surface area contributed by atoms with Crippen molar-refractivity contribution in [3.8, 4) is 0 Å². The van der Waals surface area contributed by atoms with E-state index in [2.05, 4.69) is 11.1 Å². The number of hydrogen-bond donors (Lipinski definition) is 0. The number of piperidine rings is 1. The number of nitrogens with zero attached hydrogens (tertiary/aromatic N) is 4. The highest BCUT2D eigenvalue weighted by atomic mass is 32.1. The smallest absolute Gasteiger partial charge is 0.269 e. The number of aromatic nitrogens is 3. The third kappa shape index (κ3) is 3.31. The highest BCUT2D eigenvalue weighted by Crippen LogP contribution is 2.35. The standard InChI is InChI=1S/C22H20N4O2S/c27-20-13-23-15-7-1-3-9-17(15)26(20)14-21(28)25-12-6-5-10-18(25)22-24-16-8-2-4-11-19(16)29-22/h1-4,7-9,11,13,18H,5-6,10,12,14H2/t18-/m1/s1. The van der Waals surface area contributed by atoms with Gasteiger partial charge in [0, 0.05) is 6.54 Å². The van der Waals surface area contributed by atoms with Gasteiger partial charge in [-0.3, -0.25) is 14.2 Å². The molecule has 3 heterocycles. The fourth-order valence-electron chi connectivity index (χ4n) is 4.02. The lowest BCUT2D eigenvalue weighted by Gasteiger charge is -2.34. The molecule has 1 fully saturated rings. The van der Waals surface area contributed by atoms with E-state index in [-0.39, 0.29) is 24.1 Å². The van der Waals surface area contributed by atoms with E-state index in [0.29, 0.717) is 17.6 Å². The highest BCUT2D eigenvalue weighted by molar-refractivity contribution is 7.18. The van der Waals surface area contributed by atoms with Crippen LogP contribution in [0.25, 0.3) is 21.3 Å². The summed E-state index contributed by atoms with van der Waals surface area (Å²) in [6, 6.07) is 15.4. The van der Waals surface area contributed by atoms with Crippen LogP contribution in [0, 0.1) is 0 Å². The van der Waals surface area contributed by atoms with Gasteiger partial charge in [0.2, 0.25) is 5.91 Å². The summed E-state index contributed by atoms with van der Waals surface area (Å²) in [7, 11) is 0. The summed E-state index contributed by atoms with van der Waals surface area (Å²) in [5.41, 5.74) is 2.11. The van der Waals surface area contributed by atoms with Gasteiger partial charge in [0.1, 0.15) is 11.6 Å². The molecule has 5 rings (SSSR count). The minimum absolute atomic E-state index is 0.0171. The van der Waals surface area contributed by atoms with E-state index in [1.807, 2.05) is 47.4 Å². The first-order valence-electron chi connectivity index (χ1n) is 9.80. The Labute approximate surface area is 171 Å². The van der Waals surface area contributed by atoms with Crippen LogP contribution in [0.1, 0.15) is 30.3 Å². The van der Waals surface area contributed by atoms with Gasteiger partial charge in [0.25, 0.3) is 5.56 Å². The zero-order valence-electron chi connectivity index (χ0n) is 15.8. The van der Waals surface area contributed by atoms with Gasteiger partial charge in [-0.05, 0) is 43.5 Å². The summed E-state index contributed by atoms with van der Waals surface area (Å²) in [5, 5.41) is 0.978. The van der Waals surface area contributed by atoms with Gasteiger partial charge in [-0.25, -0.2) is 9.97 Å². The average Bonchev–Trinajstić information content (AvgIpc) is 3.20. The minimum Gasteiger partial charge on any atom is -0.332 e. The van der Waals surface area contributed by atoms with Crippen molar-refractivity contribution in [1.82, 2.24) is 19.4 Å². The molecule has 29 heavy (non-hydrogen) atoms. The minimum atomic E-state index is -0.259. The molecule has 2 aromatic heterocycles. The van der Waals surface area contributed by atoms with E-state index in [9.17, 15) is 9.59 Å². The molecule has 1 aliphatic rings. The van der Waals surface area contributed by atoms with Crippen LogP contribution < -0.4 is 5.56 Å². The van der Waals surface area contributed by atoms with E-state index >= 15 is 0 Å². The summed E-state index contributed by atoms with van der Waals surface area (Å²) < 4.78 is 2.66. The number of rotatable bonds is 3. The van der Waals surface area contributed by atoms with E-state index in [4.69, 9.17) is 4.98 Å². The van der Waals surface area contributed by atoms with Crippen molar-refractivity contribution in [3.05, 3.63) is 70.1 Å². The Balaban J connectivity index is 1.48. The Morgan fingerprint density at radius 1 is 1.07 bits per heavy atom. The molecule has 1 aliphatic heterocycles. The number of likely N-dealkylation sites (tertiary alicyclic amines) is 1. The van der Waals surface area contributed by atoms with Gasteiger partial charge in [0.05, 0.1) is 33.5 Å². The summed E-state index contributed by atoms with van der Waals surface area (Å²) in [4.78, 5) is 36.6. The fraction of sp³-hybridized carbons (Fsp3) is 0.273. The third-order valence-corrected chi connectivity index (χ3v) is 6.60. The van der Waals surface area contributed by atoms with Gasteiger partial charge < -0.3 is 4.90 Å². The number of benzene rings is 2. The van der Waals surface area contributed by atoms with Crippen molar-refractivity contribution in [2.45, 2.75) is 31.8 Å². The molecule has 4 aromatic rings. The van der Waals surface area contributed by atoms with Crippen LogP contribution in [-0.4, -0.2) is 31.9 Å². The zero-order chi connectivity index (χ0) is 19.8. The van der Waals surface area contributed by atoms with E-state index in [1.165, 1.54) is 10.8 Å². The first-order chi connectivity index (χ1) is 14.2. The molecule has 0 unspecified atom stereocenters. The number of carbonyl (C=O) groups is 1. The third-order valence-electron chi connectivity index (χ3n) is 5.46. The molecule has 0 spiro atoms. The molecule has 2 aromatic carbocycles. The van der Waals surface area contributed by atoms with Crippen molar-refractivity contribution in [2.24, 2.45) is 0 Å². The molecule has 0 radical (unpaired) electrons. The quantitative estimate of drug-likeness (QED) is 0.521. The molecular weight excluding hydrogens is 384 g/mol. The fourth-order valence-corrected chi connectivity index (χ4v) is 5.14. The molecule has 0 bridgehead atoms. The second-order valence-corrected chi connectivity index (χ2v) is 8.35. The van der Waals surface area contributed by atoms with Crippen molar-refractivity contribution in [2.75, 3.05) is 6.54 Å². The van der Waals surface area contributed by atoms with Crippen LogP contribution in [0.2, 0.25) is 0 Å². The number of hydrogen-bond acceptors (Lipinski definition) is 5. The molecular formula is C22H20N4O2S. The van der Waals surface area contributed by atoms with Crippen LogP contribution in [0.3, 0.4) is 0 Å². The Bertz CT molecular complexity index is 1230. The number of thiazole rings is 1. The largest absolute Gasteiger partial charge is 0.332 e. The van der Waals surface area contributed by atoms with Gasteiger partial charge in [-0.15, -0.1) is 11.3 Å². The molecule has 6 nitrogen and oxygen atoms in total. The Morgan fingerprint density at radius 2 is 1.86 bits per heavy atom. The van der Waals surface area contributed by atoms with Gasteiger partial charge in [0.15, 0.2) is 0 Å². The maximum Gasteiger partial charge on any atom is 0.269 e. The maximum atomic E-state index is 13.3. The van der Waals surface area contributed by atoms with Crippen LogP contribution in [0.5, 0.6) is 0 Å². The van der Waals surface area contributed by atoms with Crippen LogP contribution >= 0.6 is 11.3 Å². The molecule has 7 heteroatoms. The summed E-state index contributed by atoms with van der Waals surface area (Å²) in [6.07, 6.45) is 4.23. The molecule has 1 amide bonds. The second-order valence-electron chi connectivity index (χ2n) is 7.29. The van der Waals surface area contributed by atoms with Gasteiger partial charge in [-0.1, -0.05) is 24.3 Å². The topological polar surface area (TPSA) is 68.1 Å². The summed E-state index contributed by atoms with van der Waals surface area (Å²) in [6.45, 7) is 0.709. The lowest BCUT2D eigenvalue weighted by atomic mass is 10.0. The Morgan fingerprint density at radius 3 is 2.72 bits per heavy atom. The Kier molecular flexibility index (Phi) is 4.60. The predicted octanol–water partition coefficient (Wildman–Crippen LogP) is 3.76. The molecule has 146 valence electrons. The summed E-state index contributed by atoms with van der Waals surface area (Å²) in [5.74, 6) is -0.0487. The average molecular weight is 404 g/mol. The lowest BCUT2D eigenvalue weighted by molar-refractivity contribution is -0.135. The molecule has 0 aliphatic carbocycles. The maximum absolute atomic E-state index is 13.3. The van der Waals surface area contributed by atoms with Crippen LogP contribution in [-0.2, 0) is 11.3 Å². The SMILES string of the molecule is O=C(Cn1c(=O)cnc2ccccc21)N1CCCC[C@@H]1c1nc2ccccc2s1. The van der Waals surface area contributed by atoms with Crippen LogP contribution in [0.15, 0.2) is 59.5 Å². The van der Waals surface area contributed by atoms with E-state index in [1.54, 1.807) is 11.3 Å². The van der Waals surface area contributed by atoms with Crippen molar-refractivity contribution in [1.29, 1.82) is 0 Å². The number of carbonyl (C=O) groups excluding carboxylic acids is 1. The number of para-hydroxylation sites is 3. The van der Waals surface area contributed by atoms with Crippen molar-refractivity contribution in [3.63, 3.8) is 0 Å². The molecule has 0 N–H and O–H groups in total. The monoisotopic (exact) mass is 404 g/mol. The zero-order valence-corrected chi connectivity index (χ0v) is 16.6. The Hall–Kier alpha value is -3.06. The lowest BCUT2D eigenvalue weighted by Crippen LogP contribution is -2.41. The van der Waals surface area contributed by atoms with Crippen molar-refractivity contribution >= 4 is 38.5 Å². The van der Waals surface area contributed by atoms with Gasteiger partial charge >= 0.3 is 0 Å². The van der Waals surface area contributed by atoms with E-state index in [0.717, 1.165) is 34.5 Å². The first kappa shape index (κ1) is 18.0. The summed E-state index contributed by atoms with van der Waals surface area (Å²) >= 11 is 1.65. The second kappa shape index (κ2) is 7.40. The predicted molar refractivity (Wildman–Crippen MR) is 114 cm³/mol. The number of fused-ring (bicyclic) bond motifs is 2. The van der Waals surface area contributed by atoms with Crippen LogP contribution in [0.4, 0.5) is 0 Å². The number of amides is 1. The molecule has 1 saturated heterocycles. The molecule has 1 atom stereocenters. The van der Waals surface area contributed by atoms with Gasteiger partial charge in [-0.2, -0.15) is 0 Å². The normalized spacial score (nSPS) is 17.1. The molecule has 0 saturated carbocycles. The highest BCUT2D eigenvalue weighted by Gasteiger charge is 2.30. The van der Waals surface area contributed by atoms with Crippen molar-refractivity contribution < 1.29 is 4.79 Å². The van der Waals surface area contributed by atoms with E-state index < -0.39 is 0 Å². The first-order valence-corrected chi connectivity index (χ1v) is 10.6.